The van der Waals surface area contributed by atoms with Crippen LogP contribution in [0.15, 0.2) is 127 Å². The average Bonchev–Trinajstić information content (AvgIpc) is 3.55. The summed E-state index contributed by atoms with van der Waals surface area (Å²) in [6.07, 6.45) is 0. The van der Waals surface area contributed by atoms with Gasteiger partial charge < -0.3 is 0 Å². The molecule has 0 atom stereocenters. The Bertz CT molecular complexity index is 2360. The molecule has 42 heavy (non-hydrogen) atoms. The molecule has 0 aliphatic heterocycles. The van der Waals surface area contributed by atoms with Crippen LogP contribution < -0.4 is 0 Å². The summed E-state index contributed by atoms with van der Waals surface area (Å²) in [5.41, 5.74) is 10.2. The van der Waals surface area contributed by atoms with Crippen LogP contribution in [0.4, 0.5) is 0 Å². The van der Waals surface area contributed by atoms with Gasteiger partial charge in [-0.2, -0.15) is 0 Å². The Morgan fingerprint density at radius 1 is 0.524 bits per heavy atom. The molecule has 1 aromatic heterocycles. The highest BCUT2D eigenvalue weighted by atomic mass is 32.1. The minimum atomic E-state index is -0.0809. The van der Waals surface area contributed by atoms with Gasteiger partial charge in [0.05, 0.1) is 10.2 Å². The second-order valence-corrected chi connectivity index (χ2v) is 13.0. The van der Waals surface area contributed by atoms with E-state index in [1.54, 1.807) is 11.3 Å². The van der Waals surface area contributed by atoms with Crippen molar-refractivity contribution in [2.45, 2.75) is 19.3 Å². The van der Waals surface area contributed by atoms with Gasteiger partial charge in [0.1, 0.15) is 5.01 Å². The first-order chi connectivity index (χ1) is 20.6. The van der Waals surface area contributed by atoms with E-state index < -0.39 is 0 Å². The third-order valence-corrected chi connectivity index (χ3v) is 10.3. The van der Waals surface area contributed by atoms with Crippen molar-refractivity contribution in [3.05, 3.63) is 139 Å². The highest BCUT2D eigenvalue weighted by molar-refractivity contribution is 7.21. The van der Waals surface area contributed by atoms with Gasteiger partial charge in [0, 0.05) is 11.0 Å². The maximum atomic E-state index is 5.21. The monoisotopic (exact) mass is 553 g/mol. The predicted molar refractivity (Wildman–Crippen MR) is 181 cm³/mol. The maximum absolute atomic E-state index is 5.21. The van der Waals surface area contributed by atoms with E-state index in [-0.39, 0.29) is 5.41 Å². The number of hydrogen-bond donors (Lipinski definition) is 0. The highest BCUT2D eigenvalue weighted by Gasteiger charge is 2.36. The fourth-order valence-corrected chi connectivity index (χ4v) is 8.28. The van der Waals surface area contributed by atoms with Crippen molar-refractivity contribution < 1.29 is 0 Å². The number of benzene rings is 7. The standard InChI is InChI=1S/C40H27NS/c1-40(2)33-16-8-7-13-27(33)30-22-31-32(23-34(30)40)37(26-20-19-24-11-3-4-12-25(24)21-26)28-14-5-6-15-29(28)38(31)39-41-35-17-9-10-18-36(35)42-39/h3-23H,1-2H3. The summed E-state index contributed by atoms with van der Waals surface area (Å²) in [7, 11) is 0. The number of para-hydroxylation sites is 1. The van der Waals surface area contributed by atoms with Crippen LogP contribution in [0.1, 0.15) is 25.0 Å². The summed E-state index contributed by atoms with van der Waals surface area (Å²) in [5, 5.41) is 8.67. The molecular weight excluding hydrogens is 527 g/mol. The predicted octanol–water partition coefficient (Wildman–Crippen LogP) is 11.4. The van der Waals surface area contributed by atoms with Crippen LogP contribution in [0.3, 0.4) is 0 Å². The Hall–Kier alpha value is -4.79. The van der Waals surface area contributed by atoms with Crippen molar-refractivity contribution in [2.24, 2.45) is 0 Å². The Balaban J connectivity index is 1.48. The molecule has 1 aliphatic carbocycles. The summed E-state index contributed by atoms with van der Waals surface area (Å²) in [6, 6.07) is 46.9. The molecule has 0 N–H and O–H groups in total. The molecule has 1 nitrogen and oxygen atoms in total. The molecule has 0 unspecified atom stereocenters. The molecule has 0 fully saturated rings. The lowest BCUT2D eigenvalue weighted by molar-refractivity contribution is 0.661. The molecule has 2 heteroatoms. The molecule has 0 radical (unpaired) electrons. The van der Waals surface area contributed by atoms with Crippen LogP contribution in [-0.4, -0.2) is 4.98 Å². The van der Waals surface area contributed by atoms with Crippen LogP contribution >= 0.6 is 11.3 Å². The van der Waals surface area contributed by atoms with E-state index in [0.29, 0.717) is 0 Å². The van der Waals surface area contributed by atoms with Gasteiger partial charge in [-0.05, 0) is 96.0 Å². The largest absolute Gasteiger partial charge is 0.236 e. The lowest BCUT2D eigenvalue weighted by Gasteiger charge is -2.23. The molecule has 0 bridgehead atoms. The number of hydrogen-bond acceptors (Lipinski definition) is 2. The topological polar surface area (TPSA) is 12.9 Å². The van der Waals surface area contributed by atoms with Crippen molar-refractivity contribution in [1.82, 2.24) is 4.98 Å². The Labute approximate surface area is 248 Å². The van der Waals surface area contributed by atoms with E-state index in [1.807, 2.05) is 0 Å². The molecule has 0 saturated carbocycles. The van der Waals surface area contributed by atoms with Crippen LogP contribution in [0.2, 0.25) is 0 Å². The highest BCUT2D eigenvalue weighted by Crippen LogP contribution is 2.53. The number of thiazole rings is 1. The first-order valence-electron chi connectivity index (χ1n) is 14.6. The first kappa shape index (κ1) is 23.9. The Kier molecular flexibility index (Phi) is 4.89. The first-order valence-corrected chi connectivity index (χ1v) is 15.4. The Morgan fingerprint density at radius 3 is 2.07 bits per heavy atom. The molecule has 1 aliphatic rings. The number of rotatable bonds is 2. The van der Waals surface area contributed by atoms with Gasteiger partial charge in [0.25, 0.3) is 0 Å². The molecule has 8 aromatic rings. The number of nitrogens with zero attached hydrogens (tertiary/aromatic N) is 1. The maximum Gasteiger partial charge on any atom is 0.125 e. The summed E-state index contributed by atoms with van der Waals surface area (Å²) >= 11 is 1.79. The van der Waals surface area contributed by atoms with E-state index in [0.717, 1.165) is 10.5 Å². The number of aromatic nitrogens is 1. The zero-order valence-corrected chi connectivity index (χ0v) is 24.3. The van der Waals surface area contributed by atoms with Crippen molar-refractivity contribution in [2.75, 3.05) is 0 Å². The summed E-state index contributed by atoms with van der Waals surface area (Å²) in [4.78, 5) is 5.21. The van der Waals surface area contributed by atoms with Gasteiger partial charge in [0.2, 0.25) is 0 Å². The lowest BCUT2D eigenvalue weighted by atomic mass is 9.80. The van der Waals surface area contributed by atoms with Gasteiger partial charge in [0.15, 0.2) is 0 Å². The van der Waals surface area contributed by atoms with E-state index >= 15 is 0 Å². The summed E-state index contributed by atoms with van der Waals surface area (Å²) < 4.78 is 1.22. The minimum absolute atomic E-state index is 0.0809. The van der Waals surface area contributed by atoms with Crippen molar-refractivity contribution in [3.63, 3.8) is 0 Å². The molecular formula is C40H27NS. The van der Waals surface area contributed by atoms with Crippen LogP contribution in [0, 0.1) is 0 Å². The van der Waals surface area contributed by atoms with E-state index in [9.17, 15) is 0 Å². The quantitative estimate of drug-likeness (QED) is 0.194. The average molecular weight is 554 g/mol. The molecule has 0 saturated heterocycles. The zero-order chi connectivity index (χ0) is 28.0. The molecule has 7 aromatic carbocycles. The molecule has 0 spiro atoms. The van der Waals surface area contributed by atoms with Crippen molar-refractivity contribution in [3.8, 4) is 32.8 Å². The second-order valence-electron chi connectivity index (χ2n) is 12.0. The fraction of sp³-hybridized carbons (Fsp3) is 0.0750. The van der Waals surface area contributed by atoms with E-state index in [4.69, 9.17) is 4.98 Å². The van der Waals surface area contributed by atoms with Gasteiger partial charge in [-0.1, -0.05) is 111 Å². The van der Waals surface area contributed by atoms with Crippen molar-refractivity contribution >= 4 is 53.9 Å². The van der Waals surface area contributed by atoms with Crippen LogP contribution in [0.5, 0.6) is 0 Å². The van der Waals surface area contributed by atoms with Gasteiger partial charge >= 0.3 is 0 Å². The normalized spacial score (nSPS) is 13.7. The number of fused-ring (bicyclic) bond motifs is 7. The second kappa shape index (κ2) is 8.61. The summed E-state index contributed by atoms with van der Waals surface area (Å²) in [6.45, 7) is 4.74. The van der Waals surface area contributed by atoms with E-state index in [2.05, 4.69) is 141 Å². The van der Waals surface area contributed by atoms with Gasteiger partial charge in [-0.25, -0.2) is 4.98 Å². The Morgan fingerprint density at radius 2 is 1.21 bits per heavy atom. The SMILES string of the molecule is CC1(C)c2ccccc2-c2cc3c(-c4nc5ccccc5s4)c4ccccc4c(-c4ccc5ccccc5c4)c3cc21. The smallest absolute Gasteiger partial charge is 0.125 e. The third kappa shape index (κ3) is 3.27. The van der Waals surface area contributed by atoms with Gasteiger partial charge in [-0.15, -0.1) is 11.3 Å². The van der Waals surface area contributed by atoms with Crippen molar-refractivity contribution in [1.29, 1.82) is 0 Å². The molecule has 198 valence electrons. The van der Waals surface area contributed by atoms with Crippen LogP contribution in [-0.2, 0) is 5.41 Å². The minimum Gasteiger partial charge on any atom is -0.236 e. The molecule has 0 amide bonds. The molecule has 9 rings (SSSR count). The summed E-state index contributed by atoms with van der Waals surface area (Å²) in [5.74, 6) is 0. The van der Waals surface area contributed by atoms with Crippen LogP contribution in [0.25, 0.3) is 75.4 Å². The third-order valence-electron chi connectivity index (χ3n) is 9.27. The zero-order valence-electron chi connectivity index (χ0n) is 23.5. The van der Waals surface area contributed by atoms with Gasteiger partial charge in [-0.3, -0.25) is 0 Å². The fourth-order valence-electron chi connectivity index (χ4n) is 7.24. The van der Waals surface area contributed by atoms with E-state index in [1.165, 1.54) is 76.0 Å². The molecule has 1 heterocycles. The lowest BCUT2D eigenvalue weighted by Crippen LogP contribution is -2.14.